The average Bonchev–Trinajstić information content (AvgIpc) is 2.50. The van der Waals surface area contributed by atoms with Crippen molar-refractivity contribution in [2.45, 2.75) is 61.2 Å². The molecule has 0 aliphatic heterocycles. The molecule has 1 fully saturated rings. The number of halogens is 3. The highest BCUT2D eigenvalue weighted by Gasteiger charge is 2.36. The second-order valence-corrected chi connectivity index (χ2v) is 9.04. The van der Waals surface area contributed by atoms with Gasteiger partial charge in [-0.15, -0.1) is 0 Å². The van der Waals surface area contributed by atoms with Crippen LogP contribution in [0.4, 0.5) is 8.78 Å². The molecular weight excluding hydrogens is 388 g/mol. The summed E-state index contributed by atoms with van der Waals surface area (Å²) >= 11 is 3.36. The van der Waals surface area contributed by atoms with E-state index in [0.717, 1.165) is 0 Å². The molecule has 1 saturated carbocycles. The lowest BCUT2D eigenvalue weighted by Gasteiger charge is -2.29. The third kappa shape index (κ3) is 4.51. The first-order chi connectivity index (χ1) is 10.6. The van der Waals surface area contributed by atoms with Crippen molar-refractivity contribution in [2.24, 2.45) is 0 Å². The highest BCUT2D eigenvalue weighted by molar-refractivity contribution is 9.10. The van der Waals surface area contributed by atoms with Gasteiger partial charge in [-0.2, -0.15) is 5.26 Å². The lowest BCUT2D eigenvalue weighted by Crippen LogP contribution is -2.30. The summed E-state index contributed by atoms with van der Waals surface area (Å²) in [5.74, 6) is -2.04. The molecule has 1 unspecified atom stereocenters. The van der Waals surface area contributed by atoms with E-state index in [2.05, 4.69) is 15.9 Å². The van der Waals surface area contributed by atoms with Gasteiger partial charge in [-0.1, -0.05) is 0 Å². The molecule has 2 rings (SSSR count). The molecule has 0 aromatic heterocycles. The molecule has 0 amide bonds. The fraction of sp³-hybridized carbons (Fsp3) is 0.562. The Labute approximate surface area is 145 Å². The Kier molecular flexibility index (Phi) is 5.47. The van der Waals surface area contributed by atoms with Crippen molar-refractivity contribution >= 4 is 26.7 Å². The summed E-state index contributed by atoms with van der Waals surface area (Å²) in [5.41, 5.74) is 0. The minimum Gasteiger partial charge on any atom is -0.489 e. The molecule has 1 aromatic carbocycles. The Hall–Kier alpha value is -1.00. The van der Waals surface area contributed by atoms with Crippen molar-refractivity contribution in [2.75, 3.05) is 0 Å². The van der Waals surface area contributed by atoms with Crippen LogP contribution in [0, 0.1) is 11.3 Å². The van der Waals surface area contributed by atoms with E-state index in [1.807, 2.05) is 6.07 Å². The summed E-state index contributed by atoms with van der Waals surface area (Å²) in [7, 11) is -1.48. The van der Waals surface area contributed by atoms with Crippen LogP contribution in [0.15, 0.2) is 27.6 Å². The summed E-state index contributed by atoms with van der Waals surface area (Å²) in [6.07, 6.45) is 0.0721. The molecule has 0 heterocycles. The van der Waals surface area contributed by atoms with E-state index in [1.165, 1.54) is 0 Å². The molecule has 0 saturated heterocycles. The molecular formula is C16H18BrF2NO2S. The van der Waals surface area contributed by atoms with Gasteiger partial charge < -0.3 is 4.74 Å². The molecule has 1 aromatic rings. The van der Waals surface area contributed by atoms with Crippen LogP contribution in [0.3, 0.4) is 0 Å². The van der Waals surface area contributed by atoms with Gasteiger partial charge in [0.25, 0.3) is 0 Å². The normalized spacial score (nSPS) is 19.8. The molecule has 0 N–H and O–H groups in total. The van der Waals surface area contributed by atoms with Crippen molar-refractivity contribution in [1.29, 1.82) is 5.26 Å². The maximum absolute atomic E-state index is 13.2. The van der Waals surface area contributed by atoms with Crippen LogP contribution in [0.25, 0.3) is 0 Å². The lowest BCUT2D eigenvalue weighted by atomic mass is 9.94. The minimum absolute atomic E-state index is 0.159. The summed E-state index contributed by atoms with van der Waals surface area (Å²) < 4.78 is 44.1. The van der Waals surface area contributed by atoms with Gasteiger partial charge in [0.1, 0.15) is 10.5 Å². The van der Waals surface area contributed by atoms with E-state index < -0.39 is 21.5 Å². The summed E-state index contributed by atoms with van der Waals surface area (Å²) in [6, 6.07) is 6.99. The zero-order chi connectivity index (χ0) is 17.3. The van der Waals surface area contributed by atoms with Gasteiger partial charge in [-0.3, -0.25) is 4.21 Å². The second kappa shape index (κ2) is 6.86. The first-order valence-corrected chi connectivity index (χ1v) is 9.26. The van der Waals surface area contributed by atoms with E-state index in [0.29, 0.717) is 28.0 Å². The van der Waals surface area contributed by atoms with Crippen LogP contribution in [0.2, 0.25) is 0 Å². The summed E-state index contributed by atoms with van der Waals surface area (Å²) in [4.78, 5) is 0.519. The third-order valence-corrected chi connectivity index (χ3v) is 6.13. The third-order valence-electron chi connectivity index (χ3n) is 3.81. The Morgan fingerprint density at radius 1 is 1.39 bits per heavy atom. The monoisotopic (exact) mass is 405 g/mol. The van der Waals surface area contributed by atoms with E-state index >= 15 is 0 Å². The summed E-state index contributed by atoms with van der Waals surface area (Å²) in [5, 5.41) is 9.07. The number of nitriles is 1. The number of rotatable bonds is 4. The molecule has 1 aliphatic rings. The van der Waals surface area contributed by atoms with Crippen molar-refractivity contribution in [3.05, 3.63) is 22.7 Å². The first kappa shape index (κ1) is 18.3. The number of hydrogen-bond donors (Lipinski definition) is 0. The molecule has 1 aliphatic carbocycles. The number of hydrogen-bond acceptors (Lipinski definition) is 3. The maximum Gasteiger partial charge on any atom is 0.248 e. The molecule has 0 bridgehead atoms. The Bertz CT molecular complexity index is 648. The van der Waals surface area contributed by atoms with Gasteiger partial charge in [-0.25, -0.2) is 8.78 Å². The van der Waals surface area contributed by atoms with E-state index in [1.54, 1.807) is 32.0 Å². The number of ether oxygens (including phenoxy) is 1. The molecule has 23 heavy (non-hydrogen) atoms. The highest BCUT2D eigenvalue weighted by atomic mass is 79.9. The standard InChI is InChI=1S/C16H18BrF2NO2S/c1-15(2,10-20)23(21)12-3-4-14(13(17)9-12)22-11-5-7-16(18,19)8-6-11/h3-4,9,11H,5-8H2,1-2H3. The predicted octanol–water partition coefficient (Wildman–Crippen LogP) is 4.82. The number of nitrogens with zero attached hydrogens (tertiary/aromatic N) is 1. The molecule has 7 heteroatoms. The van der Waals surface area contributed by atoms with Gasteiger partial charge >= 0.3 is 0 Å². The predicted molar refractivity (Wildman–Crippen MR) is 88.1 cm³/mol. The number of alkyl halides is 2. The van der Waals surface area contributed by atoms with Crippen molar-refractivity contribution < 1.29 is 17.7 Å². The van der Waals surface area contributed by atoms with Crippen molar-refractivity contribution in [1.82, 2.24) is 0 Å². The SMILES string of the molecule is CC(C)(C#N)S(=O)c1ccc(OC2CCC(F)(F)CC2)c(Br)c1. The van der Waals surface area contributed by atoms with Crippen LogP contribution in [-0.2, 0) is 10.8 Å². The first-order valence-electron chi connectivity index (χ1n) is 7.32. The second-order valence-electron chi connectivity index (χ2n) is 6.16. The largest absolute Gasteiger partial charge is 0.489 e. The Morgan fingerprint density at radius 2 is 2.00 bits per heavy atom. The van der Waals surface area contributed by atoms with Crippen LogP contribution >= 0.6 is 15.9 Å². The van der Waals surface area contributed by atoms with E-state index in [9.17, 15) is 13.0 Å². The smallest absolute Gasteiger partial charge is 0.248 e. The van der Waals surface area contributed by atoms with Gasteiger partial charge in [-0.05, 0) is 60.8 Å². The average molecular weight is 406 g/mol. The molecule has 3 nitrogen and oxygen atoms in total. The van der Waals surface area contributed by atoms with Gasteiger partial charge in [0.05, 0.1) is 27.4 Å². The highest BCUT2D eigenvalue weighted by Crippen LogP contribution is 2.37. The van der Waals surface area contributed by atoms with Gasteiger partial charge in [0.15, 0.2) is 0 Å². The quantitative estimate of drug-likeness (QED) is 0.721. The fourth-order valence-corrected chi connectivity index (χ4v) is 4.05. The van der Waals surface area contributed by atoms with Crippen molar-refractivity contribution in [3.63, 3.8) is 0 Å². The van der Waals surface area contributed by atoms with Crippen LogP contribution < -0.4 is 4.74 Å². The molecule has 0 radical (unpaired) electrons. The molecule has 126 valence electrons. The van der Waals surface area contributed by atoms with Crippen LogP contribution in [0.5, 0.6) is 5.75 Å². The molecule has 1 atom stereocenters. The Morgan fingerprint density at radius 3 is 2.52 bits per heavy atom. The minimum atomic E-state index is -2.58. The Balaban J connectivity index is 2.09. The van der Waals surface area contributed by atoms with Gasteiger partial charge in [0, 0.05) is 17.7 Å². The van der Waals surface area contributed by atoms with Crippen LogP contribution in [-0.4, -0.2) is 21.0 Å². The zero-order valence-electron chi connectivity index (χ0n) is 12.9. The topological polar surface area (TPSA) is 50.1 Å². The lowest BCUT2D eigenvalue weighted by molar-refractivity contribution is -0.0583. The maximum atomic E-state index is 13.2. The van der Waals surface area contributed by atoms with E-state index in [4.69, 9.17) is 10.00 Å². The fourth-order valence-electron chi connectivity index (χ4n) is 2.34. The summed E-state index contributed by atoms with van der Waals surface area (Å²) in [6.45, 7) is 3.23. The number of benzene rings is 1. The van der Waals surface area contributed by atoms with Crippen molar-refractivity contribution in [3.8, 4) is 11.8 Å². The van der Waals surface area contributed by atoms with Gasteiger partial charge in [0.2, 0.25) is 5.92 Å². The van der Waals surface area contributed by atoms with E-state index in [-0.39, 0.29) is 18.9 Å². The zero-order valence-corrected chi connectivity index (χ0v) is 15.3. The van der Waals surface area contributed by atoms with Crippen LogP contribution in [0.1, 0.15) is 39.5 Å². The molecule has 0 spiro atoms.